The fourth-order valence-corrected chi connectivity index (χ4v) is 4.52. The van der Waals surface area contributed by atoms with E-state index in [4.69, 9.17) is 19.0 Å². The monoisotopic (exact) mass is 445 g/mol. The van der Waals surface area contributed by atoms with Crippen molar-refractivity contribution in [1.82, 2.24) is 5.48 Å². The average Bonchev–Trinajstić information content (AvgIpc) is 3.45. The van der Waals surface area contributed by atoms with Crippen LogP contribution in [0.4, 0.5) is 0 Å². The van der Waals surface area contributed by atoms with Crippen molar-refractivity contribution >= 4 is 5.97 Å². The third kappa shape index (κ3) is 4.99. The highest BCUT2D eigenvalue weighted by Gasteiger charge is 2.57. The Bertz CT molecular complexity index is 1030. The van der Waals surface area contributed by atoms with Gasteiger partial charge in [-0.25, -0.2) is 4.79 Å². The quantitative estimate of drug-likeness (QED) is 0.531. The molecule has 0 bridgehead atoms. The number of esters is 1. The Kier molecular flexibility index (Phi) is 6.79. The van der Waals surface area contributed by atoms with Crippen molar-refractivity contribution in [3.8, 4) is 0 Å². The number of fused-ring (bicyclic) bond motifs is 1. The van der Waals surface area contributed by atoms with E-state index in [-0.39, 0.29) is 24.0 Å². The van der Waals surface area contributed by atoms with E-state index in [1.807, 2.05) is 78.9 Å². The molecule has 2 aliphatic rings. The first kappa shape index (κ1) is 21.8. The molecule has 5 unspecified atom stereocenters. The lowest BCUT2D eigenvalue weighted by atomic mass is 10.0. The Morgan fingerprint density at radius 2 is 1.30 bits per heavy atom. The number of rotatable bonds is 8. The van der Waals surface area contributed by atoms with Crippen LogP contribution in [-0.4, -0.2) is 36.9 Å². The second-order valence-corrected chi connectivity index (χ2v) is 8.38. The van der Waals surface area contributed by atoms with Gasteiger partial charge in [0.25, 0.3) is 0 Å². The zero-order chi connectivity index (χ0) is 22.5. The van der Waals surface area contributed by atoms with E-state index in [9.17, 15) is 4.79 Å². The molecule has 1 heterocycles. The molecule has 0 amide bonds. The smallest absolute Gasteiger partial charge is 0.338 e. The molecule has 1 saturated heterocycles. The molecule has 5 rings (SSSR count). The van der Waals surface area contributed by atoms with Crippen molar-refractivity contribution in [2.75, 3.05) is 6.61 Å². The first-order chi connectivity index (χ1) is 16.3. The Morgan fingerprint density at radius 1 is 0.758 bits per heavy atom. The standard InChI is InChI=1S/C27H27NO5/c29-27(21-14-8-3-9-15-21)33-24-22-18-32-28-23(22)25(30-16-19-10-4-1-5-11-19)26(24)31-17-20-12-6-2-7-13-20/h1-15,22-26,28H,16-18H2. The summed E-state index contributed by atoms with van der Waals surface area (Å²) in [6.07, 6.45) is -1.27. The molecule has 170 valence electrons. The predicted octanol–water partition coefficient (Wildman–Crippen LogP) is 3.92. The second-order valence-electron chi connectivity index (χ2n) is 8.38. The Morgan fingerprint density at radius 3 is 1.91 bits per heavy atom. The van der Waals surface area contributed by atoms with Crippen LogP contribution in [0.5, 0.6) is 0 Å². The lowest BCUT2D eigenvalue weighted by molar-refractivity contribution is -0.125. The van der Waals surface area contributed by atoms with E-state index in [0.29, 0.717) is 25.4 Å². The molecule has 0 radical (unpaired) electrons. The number of carbonyl (C=O) groups is 1. The van der Waals surface area contributed by atoms with Gasteiger partial charge in [-0.3, -0.25) is 0 Å². The number of hydrogen-bond acceptors (Lipinski definition) is 6. The summed E-state index contributed by atoms with van der Waals surface area (Å²) in [5.74, 6) is -0.442. The van der Waals surface area contributed by atoms with Crippen LogP contribution in [0.15, 0.2) is 91.0 Å². The highest BCUT2D eigenvalue weighted by molar-refractivity contribution is 5.89. The molecule has 0 aromatic heterocycles. The molecule has 3 aromatic rings. The molecule has 1 aliphatic heterocycles. The van der Waals surface area contributed by atoms with Crippen LogP contribution in [0.3, 0.4) is 0 Å². The van der Waals surface area contributed by atoms with Gasteiger partial charge in [-0.05, 0) is 23.3 Å². The normalized spacial score (nSPS) is 26.1. The lowest BCUT2D eigenvalue weighted by Gasteiger charge is -2.28. The molecule has 6 heteroatoms. The predicted molar refractivity (Wildman–Crippen MR) is 122 cm³/mol. The summed E-state index contributed by atoms with van der Waals surface area (Å²) in [7, 11) is 0. The summed E-state index contributed by atoms with van der Waals surface area (Å²) < 4.78 is 18.8. The van der Waals surface area contributed by atoms with Crippen molar-refractivity contribution < 1.29 is 23.8 Å². The van der Waals surface area contributed by atoms with Crippen LogP contribution in [0, 0.1) is 5.92 Å². The van der Waals surface area contributed by atoms with Crippen LogP contribution in [0.2, 0.25) is 0 Å². The summed E-state index contributed by atoms with van der Waals surface area (Å²) in [6.45, 7) is 1.26. The van der Waals surface area contributed by atoms with E-state index in [2.05, 4.69) is 5.48 Å². The molecule has 1 N–H and O–H groups in total. The van der Waals surface area contributed by atoms with Crippen LogP contribution in [-0.2, 0) is 32.3 Å². The summed E-state index contributed by atoms with van der Waals surface area (Å²) in [5, 5.41) is 0. The maximum absolute atomic E-state index is 12.9. The Labute approximate surface area is 193 Å². The van der Waals surface area contributed by atoms with Crippen LogP contribution in [0.25, 0.3) is 0 Å². The SMILES string of the molecule is O=C(OC1C2CONC2C(OCc2ccccc2)C1OCc1ccccc1)c1ccccc1. The molecule has 1 aliphatic carbocycles. The molecule has 5 atom stereocenters. The first-order valence-electron chi connectivity index (χ1n) is 11.2. The molecule has 6 nitrogen and oxygen atoms in total. The maximum atomic E-state index is 12.9. The number of hydrogen-bond donors (Lipinski definition) is 1. The molecule has 2 fully saturated rings. The van der Waals surface area contributed by atoms with Crippen LogP contribution >= 0.6 is 0 Å². The molecule has 33 heavy (non-hydrogen) atoms. The molecule has 3 aromatic carbocycles. The van der Waals surface area contributed by atoms with E-state index < -0.39 is 12.2 Å². The summed E-state index contributed by atoms with van der Waals surface area (Å²) in [5.41, 5.74) is 5.71. The van der Waals surface area contributed by atoms with Gasteiger partial charge in [0.05, 0.1) is 31.4 Å². The van der Waals surface area contributed by atoms with E-state index in [1.165, 1.54) is 0 Å². The third-order valence-corrected chi connectivity index (χ3v) is 6.20. The number of nitrogens with one attached hydrogen (secondary N) is 1. The van der Waals surface area contributed by atoms with Crippen LogP contribution < -0.4 is 5.48 Å². The lowest BCUT2D eigenvalue weighted by Crippen LogP contribution is -2.42. The van der Waals surface area contributed by atoms with E-state index in [1.54, 1.807) is 12.1 Å². The van der Waals surface area contributed by atoms with Gasteiger partial charge in [0.1, 0.15) is 18.3 Å². The van der Waals surface area contributed by atoms with Gasteiger partial charge in [-0.15, -0.1) is 0 Å². The highest BCUT2D eigenvalue weighted by atomic mass is 16.7. The van der Waals surface area contributed by atoms with Crippen molar-refractivity contribution in [1.29, 1.82) is 0 Å². The molecule has 1 saturated carbocycles. The van der Waals surface area contributed by atoms with Crippen LogP contribution in [0.1, 0.15) is 21.5 Å². The zero-order valence-electron chi connectivity index (χ0n) is 18.2. The highest BCUT2D eigenvalue weighted by Crippen LogP contribution is 2.38. The minimum atomic E-state index is -0.498. The summed E-state index contributed by atoms with van der Waals surface area (Å²) in [4.78, 5) is 18.5. The summed E-state index contributed by atoms with van der Waals surface area (Å²) >= 11 is 0. The fraction of sp³-hybridized carbons (Fsp3) is 0.296. The maximum Gasteiger partial charge on any atom is 0.338 e. The number of ether oxygens (including phenoxy) is 3. The van der Waals surface area contributed by atoms with Crippen molar-refractivity contribution in [2.24, 2.45) is 5.92 Å². The van der Waals surface area contributed by atoms with E-state index >= 15 is 0 Å². The first-order valence-corrected chi connectivity index (χ1v) is 11.2. The van der Waals surface area contributed by atoms with E-state index in [0.717, 1.165) is 11.1 Å². The van der Waals surface area contributed by atoms with Gasteiger partial charge in [-0.2, -0.15) is 5.48 Å². The topological polar surface area (TPSA) is 66.0 Å². The Hall–Kier alpha value is -3.03. The van der Waals surface area contributed by atoms with Gasteiger partial charge in [0.2, 0.25) is 0 Å². The van der Waals surface area contributed by atoms with Gasteiger partial charge >= 0.3 is 5.97 Å². The zero-order valence-corrected chi connectivity index (χ0v) is 18.2. The molecular formula is C27H27NO5. The largest absolute Gasteiger partial charge is 0.455 e. The van der Waals surface area contributed by atoms with Gasteiger partial charge in [0, 0.05) is 5.92 Å². The van der Waals surface area contributed by atoms with Crippen molar-refractivity contribution in [3.63, 3.8) is 0 Å². The minimum Gasteiger partial charge on any atom is -0.455 e. The van der Waals surface area contributed by atoms with Crippen molar-refractivity contribution in [2.45, 2.75) is 37.6 Å². The average molecular weight is 446 g/mol. The van der Waals surface area contributed by atoms with Gasteiger partial charge in [0.15, 0.2) is 0 Å². The van der Waals surface area contributed by atoms with Gasteiger partial charge in [-0.1, -0.05) is 78.9 Å². The molecule has 0 spiro atoms. The number of hydroxylamine groups is 1. The van der Waals surface area contributed by atoms with Crippen molar-refractivity contribution in [3.05, 3.63) is 108 Å². The Balaban J connectivity index is 1.37. The number of carbonyl (C=O) groups excluding carboxylic acids is 1. The third-order valence-electron chi connectivity index (χ3n) is 6.20. The van der Waals surface area contributed by atoms with Gasteiger partial charge < -0.3 is 19.0 Å². The molecular weight excluding hydrogens is 418 g/mol. The second kappa shape index (κ2) is 10.3. The number of benzene rings is 3. The summed E-state index contributed by atoms with van der Waals surface area (Å²) in [6, 6.07) is 28.9. The minimum absolute atomic E-state index is 0.0702. The fourth-order valence-electron chi connectivity index (χ4n) is 4.52.